The Morgan fingerprint density at radius 3 is 2.73 bits per heavy atom. The molecule has 26 heavy (non-hydrogen) atoms. The molecule has 0 radical (unpaired) electrons. The number of aromatic nitrogens is 3. The number of rotatable bonds is 3. The molecule has 3 aromatic rings. The van der Waals surface area contributed by atoms with E-state index in [0.717, 1.165) is 53.2 Å². The highest BCUT2D eigenvalue weighted by atomic mass is 16.3. The summed E-state index contributed by atoms with van der Waals surface area (Å²) in [6, 6.07) is 10.2. The molecule has 4 rings (SSSR count). The zero-order valence-electron chi connectivity index (χ0n) is 15.3. The first kappa shape index (κ1) is 16.9. The van der Waals surface area contributed by atoms with Gasteiger partial charge in [0.2, 0.25) is 0 Å². The zero-order chi connectivity index (χ0) is 18.1. The van der Waals surface area contributed by atoms with Crippen LogP contribution in [-0.4, -0.2) is 33.1 Å². The first-order valence-corrected chi connectivity index (χ1v) is 9.24. The molecule has 5 heteroatoms. The Balaban J connectivity index is 1.60. The Morgan fingerprint density at radius 1 is 1.15 bits per heavy atom. The molecule has 2 aromatic heterocycles. The number of hydrogen-bond acceptors (Lipinski definition) is 5. The molecule has 0 atom stereocenters. The van der Waals surface area contributed by atoms with Gasteiger partial charge in [-0.1, -0.05) is 25.1 Å². The average molecular weight is 348 g/mol. The number of aryl methyl sites for hydroxylation is 2. The number of fused-ring (bicyclic) bond motifs is 1. The van der Waals surface area contributed by atoms with Gasteiger partial charge in [-0.3, -0.25) is 4.98 Å². The largest absolute Gasteiger partial charge is 0.385 e. The standard InChI is InChI=1S/C21H24N4O/c1-3-17-13-20(24-15(2)23-17)25-11-8-21(26,9-12-25)19-6-4-5-16-14-22-10-7-18(16)19/h4-7,10,13-14,26H,3,8-9,11-12H2,1-2H3. The molecule has 1 aliphatic rings. The minimum Gasteiger partial charge on any atom is -0.385 e. The molecule has 0 aliphatic carbocycles. The second kappa shape index (κ2) is 6.65. The number of benzene rings is 1. The molecule has 1 aromatic carbocycles. The SMILES string of the molecule is CCc1cc(N2CCC(O)(c3cccc4cnccc34)CC2)nc(C)n1. The van der Waals surface area contributed by atoms with Gasteiger partial charge in [-0.05, 0) is 43.2 Å². The van der Waals surface area contributed by atoms with Gasteiger partial charge in [0, 0.05) is 42.6 Å². The van der Waals surface area contributed by atoms with Gasteiger partial charge in [0.1, 0.15) is 11.6 Å². The second-order valence-corrected chi connectivity index (χ2v) is 7.04. The lowest BCUT2D eigenvalue weighted by atomic mass is 9.82. The summed E-state index contributed by atoms with van der Waals surface area (Å²) < 4.78 is 0. The summed E-state index contributed by atoms with van der Waals surface area (Å²) in [7, 11) is 0. The molecule has 0 amide bonds. The van der Waals surface area contributed by atoms with E-state index in [-0.39, 0.29) is 0 Å². The van der Waals surface area contributed by atoms with E-state index in [1.165, 1.54) is 0 Å². The topological polar surface area (TPSA) is 62.1 Å². The Bertz CT molecular complexity index is 927. The van der Waals surface area contributed by atoms with Gasteiger partial charge >= 0.3 is 0 Å². The van der Waals surface area contributed by atoms with Crippen molar-refractivity contribution in [1.82, 2.24) is 15.0 Å². The third kappa shape index (κ3) is 3.03. The molecule has 134 valence electrons. The Hall–Kier alpha value is -2.53. The molecule has 0 bridgehead atoms. The van der Waals surface area contributed by atoms with E-state index in [1.807, 2.05) is 37.4 Å². The van der Waals surface area contributed by atoms with Crippen molar-refractivity contribution in [2.75, 3.05) is 18.0 Å². The fraction of sp³-hybridized carbons (Fsp3) is 0.381. The molecule has 0 spiro atoms. The predicted molar refractivity (Wildman–Crippen MR) is 103 cm³/mol. The predicted octanol–water partition coefficient (Wildman–Crippen LogP) is 3.38. The van der Waals surface area contributed by atoms with Crippen LogP contribution in [0.15, 0.2) is 42.7 Å². The van der Waals surface area contributed by atoms with Gasteiger partial charge in [-0.25, -0.2) is 9.97 Å². The third-order valence-electron chi connectivity index (χ3n) is 5.34. The number of nitrogens with zero attached hydrogens (tertiary/aromatic N) is 4. The highest BCUT2D eigenvalue weighted by molar-refractivity contribution is 5.85. The minimum atomic E-state index is -0.812. The summed E-state index contributed by atoms with van der Waals surface area (Å²) in [6.45, 7) is 5.60. The lowest BCUT2D eigenvalue weighted by molar-refractivity contribution is 0.0131. The Labute approximate surface area is 153 Å². The van der Waals surface area contributed by atoms with Gasteiger partial charge in [0.05, 0.1) is 5.60 Å². The van der Waals surface area contributed by atoms with Crippen molar-refractivity contribution < 1.29 is 5.11 Å². The molecule has 1 saturated heterocycles. The van der Waals surface area contributed by atoms with E-state index in [0.29, 0.717) is 12.8 Å². The van der Waals surface area contributed by atoms with Gasteiger partial charge < -0.3 is 10.0 Å². The normalized spacial score (nSPS) is 16.8. The van der Waals surface area contributed by atoms with Crippen LogP contribution in [0.5, 0.6) is 0 Å². The van der Waals surface area contributed by atoms with Crippen LogP contribution in [0.4, 0.5) is 5.82 Å². The van der Waals surface area contributed by atoms with Crippen molar-refractivity contribution in [1.29, 1.82) is 0 Å². The Kier molecular flexibility index (Phi) is 4.32. The van der Waals surface area contributed by atoms with Crippen molar-refractivity contribution in [3.05, 3.63) is 59.8 Å². The summed E-state index contributed by atoms with van der Waals surface area (Å²) in [5, 5.41) is 13.5. The molecule has 3 heterocycles. The lowest BCUT2D eigenvalue weighted by Crippen LogP contribution is -2.43. The maximum absolute atomic E-state index is 11.4. The van der Waals surface area contributed by atoms with Crippen LogP contribution < -0.4 is 4.90 Å². The van der Waals surface area contributed by atoms with Crippen molar-refractivity contribution >= 4 is 16.6 Å². The number of piperidine rings is 1. The van der Waals surface area contributed by atoms with E-state index in [4.69, 9.17) is 0 Å². The number of anilines is 1. The van der Waals surface area contributed by atoms with Crippen LogP contribution in [0.25, 0.3) is 10.8 Å². The van der Waals surface area contributed by atoms with Crippen LogP contribution in [0.1, 0.15) is 36.8 Å². The van der Waals surface area contributed by atoms with E-state index in [1.54, 1.807) is 6.20 Å². The average Bonchev–Trinajstić information content (AvgIpc) is 2.67. The quantitative estimate of drug-likeness (QED) is 0.786. The highest BCUT2D eigenvalue weighted by Crippen LogP contribution is 2.37. The van der Waals surface area contributed by atoms with Gasteiger partial charge in [-0.2, -0.15) is 0 Å². The molecule has 5 nitrogen and oxygen atoms in total. The zero-order valence-corrected chi connectivity index (χ0v) is 15.3. The smallest absolute Gasteiger partial charge is 0.132 e. The maximum atomic E-state index is 11.4. The number of pyridine rings is 1. The first-order valence-electron chi connectivity index (χ1n) is 9.24. The second-order valence-electron chi connectivity index (χ2n) is 7.04. The summed E-state index contributed by atoms with van der Waals surface area (Å²) in [6.07, 6.45) is 5.91. The van der Waals surface area contributed by atoms with Gasteiger partial charge in [0.25, 0.3) is 0 Å². The van der Waals surface area contributed by atoms with Crippen LogP contribution in [0.3, 0.4) is 0 Å². The highest BCUT2D eigenvalue weighted by Gasteiger charge is 2.35. The molecule has 1 aliphatic heterocycles. The number of hydrogen-bond donors (Lipinski definition) is 1. The van der Waals surface area contributed by atoms with E-state index in [9.17, 15) is 5.11 Å². The van der Waals surface area contributed by atoms with Crippen molar-refractivity contribution in [2.45, 2.75) is 38.7 Å². The fourth-order valence-electron chi connectivity index (χ4n) is 3.86. The third-order valence-corrected chi connectivity index (χ3v) is 5.34. The summed E-state index contributed by atoms with van der Waals surface area (Å²) >= 11 is 0. The van der Waals surface area contributed by atoms with Gasteiger partial charge in [0.15, 0.2) is 0 Å². The summed E-state index contributed by atoms with van der Waals surface area (Å²) in [4.78, 5) is 15.5. The van der Waals surface area contributed by atoms with Crippen LogP contribution in [-0.2, 0) is 12.0 Å². The molecule has 0 saturated carbocycles. The van der Waals surface area contributed by atoms with Crippen LogP contribution >= 0.6 is 0 Å². The lowest BCUT2D eigenvalue weighted by Gasteiger charge is -2.39. The van der Waals surface area contributed by atoms with E-state index >= 15 is 0 Å². The van der Waals surface area contributed by atoms with E-state index < -0.39 is 5.60 Å². The monoisotopic (exact) mass is 348 g/mol. The summed E-state index contributed by atoms with van der Waals surface area (Å²) in [5.74, 6) is 1.78. The van der Waals surface area contributed by atoms with Crippen molar-refractivity contribution in [3.8, 4) is 0 Å². The van der Waals surface area contributed by atoms with Crippen LogP contribution in [0.2, 0.25) is 0 Å². The first-order chi connectivity index (χ1) is 12.6. The maximum Gasteiger partial charge on any atom is 0.132 e. The molecule has 1 fully saturated rings. The molecule has 1 N–H and O–H groups in total. The van der Waals surface area contributed by atoms with Gasteiger partial charge in [-0.15, -0.1) is 0 Å². The molecular formula is C21H24N4O. The molecule has 0 unspecified atom stereocenters. The molecular weight excluding hydrogens is 324 g/mol. The summed E-state index contributed by atoms with van der Waals surface area (Å²) in [5.41, 5.74) is 1.26. The minimum absolute atomic E-state index is 0.680. The Morgan fingerprint density at radius 2 is 1.96 bits per heavy atom. The fourth-order valence-corrected chi connectivity index (χ4v) is 3.86. The number of aliphatic hydroxyl groups is 1. The van der Waals surface area contributed by atoms with Crippen molar-refractivity contribution in [2.24, 2.45) is 0 Å². The van der Waals surface area contributed by atoms with E-state index in [2.05, 4.69) is 32.8 Å². The van der Waals surface area contributed by atoms with Crippen LogP contribution in [0, 0.1) is 6.92 Å². The van der Waals surface area contributed by atoms with Crippen molar-refractivity contribution in [3.63, 3.8) is 0 Å².